The van der Waals surface area contributed by atoms with Gasteiger partial charge >= 0.3 is 0 Å². The van der Waals surface area contributed by atoms with Gasteiger partial charge < -0.3 is 10.1 Å². The summed E-state index contributed by atoms with van der Waals surface area (Å²) in [7, 11) is 1.85. The molecule has 0 atom stereocenters. The van der Waals surface area contributed by atoms with Gasteiger partial charge in [-0.2, -0.15) is 0 Å². The molecule has 0 heterocycles. The maximum atomic E-state index is 6.15. The number of hydrogen-bond donors (Lipinski definition) is 1. The minimum atomic E-state index is 0.519. The van der Waals surface area contributed by atoms with Crippen LogP contribution in [0.5, 0.6) is 5.75 Å². The summed E-state index contributed by atoms with van der Waals surface area (Å²) in [5, 5.41) is 3.70. The Bertz CT molecular complexity index is 540. The average molecular weight is 262 g/mol. The lowest BCUT2D eigenvalue weighted by atomic mass is 10.1. The molecule has 0 bridgehead atoms. The van der Waals surface area contributed by atoms with Gasteiger partial charge in [-0.3, -0.25) is 0 Å². The van der Waals surface area contributed by atoms with E-state index in [0.29, 0.717) is 17.4 Å². The van der Waals surface area contributed by atoms with Crippen molar-refractivity contribution in [2.45, 2.75) is 13.5 Å². The smallest absolute Gasteiger partial charge is 0.161 e. The largest absolute Gasteiger partial charge is 0.485 e. The molecule has 0 aliphatic rings. The molecule has 94 valence electrons. The monoisotopic (exact) mass is 261 g/mol. The number of rotatable bonds is 4. The van der Waals surface area contributed by atoms with Crippen LogP contribution in [0.15, 0.2) is 42.5 Å². The highest BCUT2D eigenvalue weighted by Crippen LogP contribution is 2.33. The number of nitrogens with one attached hydrogen (secondary N) is 1. The fourth-order valence-corrected chi connectivity index (χ4v) is 2.00. The number of anilines is 1. The molecule has 0 amide bonds. The molecule has 0 saturated carbocycles. The summed E-state index contributed by atoms with van der Waals surface area (Å²) < 4.78 is 5.83. The highest BCUT2D eigenvalue weighted by atomic mass is 35.5. The zero-order valence-electron chi connectivity index (χ0n) is 10.5. The second kappa shape index (κ2) is 5.78. The van der Waals surface area contributed by atoms with Crippen molar-refractivity contribution in [3.63, 3.8) is 0 Å². The van der Waals surface area contributed by atoms with E-state index in [4.69, 9.17) is 16.3 Å². The molecule has 2 rings (SSSR count). The molecule has 0 fully saturated rings. The molecule has 2 aromatic rings. The standard InChI is InChI=1S/C15H16ClNO/c1-11-6-3-4-7-12(11)10-18-15-13(16)8-5-9-14(15)17-2/h3-9,17H,10H2,1-2H3. The minimum absolute atomic E-state index is 0.519. The van der Waals surface area contributed by atoms with E-state index in [9.17, 15) is 0 Å². The van der Waals surface area contributed by atoms with E-state index in [-0.39, 0.29) is 0 Å². The van der Waals surface area contributed by atoms with E-state index in [1.165, 1.54) is 11.1 Å². The fourth-order valence-electron chi connectivity index (χ4n) is 1.77. The molecule has 2 nitrogen and oxygen atoms in total. The van der Waals surface area contributed by atoms with Crippen LogP contribution in [-0.4, -0.2) is 7.05 Å². The second-order valence-electron chi connectivity index (χ2n) is 4.08. The lowest BCUT2D eigenvalue weighted by Gasteiger charge is -2.13. The number of halogens is 1. The molecule has 0 aromatic heterocycles. The molecule has 0 spiro atoms. The van der Waals surface area contributed by atoms with Crippen molar-refractivity contribution in [1.82, 2.24) is 0 Å². The van der Waals surface area contributed by atoms with Gasteiger partial charge in [0, 0.05) is 7.05 Å². The molecule has 0 aliphatic carbocycles. The van der Waals surface area contributed by atoms with Gasteiger partial charge in [0.25, 0.3) is 0 Å². The summed E-state index contributed by atoms with van der Waals surface area (Å²) in [6.07, 6.45) is 0. The van der Waals surface area contributed by atoms with Crippen molar-refractivity contribution in [2.24, 2.45) is 0 Å². The predicted octanol–water partition coefficient (Wildman–Crippen LogP) is 4.27. The summed E-state index contributed by atoms with van der Waals surface area (Å²) in [5.41, 5.74) is 3.28. The zero-order chi connectivity index (χ0) is 13.0. The van der Waals surface area contributed by atoms with Gasteiger partial charge in [0.15, 0.2) is 5.75 Å². The highest BCUT2D eigenvalue weighted by molar-refractivity contribution is 6.32. The van der Waals surface area contributed by atoms with Crippen LogP contribution < -0.4 is 10.1 Å². The second-order valence-corrected chi connectivity index (χ2v) is 4.49. The highest BCUT2D eigenvalue weighted by Gasteiger charge is 2.07. The number of hydrogen-bond acceptors (Lipinski definition) is 2. The van der Waals surface area contributed by atoms with Crippen LogP contribution in [0.25, 0.3) is 0 Å². The van der Waals surface area contributed by atoms with Crippen molar-refractivity contribution in [2.75, 3.05) is 12.4 Å². The van der Waals surface area contributed by atoms with Crippen LogP contribution in [0.2, 0.25) is 5.02 Å². The van der Waals surface area contributed by atoms with E-state index in [2.05, 4.69) is 24.4 Å². The predicted molar refractivity (Wildman–Crippen MR) is 76.5 cm³/mol. The lowest BCUT2D eigenvalue weighted by molar-refractivity contribution is 0.307. The quantitative estimate of drug-likeness (QED) is 0.888. The van der Waals surface area contributed by atoms with E-state index in [0.717, 1.165) is 5.69 Å². The van der Waals surface area contributed by atoms with Crippen LogP contribution in [0.3, 0.4) is 0 Å². The summed E-state index contributed by atoms with van der Waals surface area (Å²) in [5.74, 6) is 0.699. The third-order valence-electron chi connectivity index (χ3n) is 2.87. The molecule has 0 aliphatic heterocycles. The average Bonchev–Trinajstić information content (AvgIpc) is 2.39. The third kappa shape index (κ3) is 2.77. The number of para-hydroxylation sites is 1. The first-order chi connectivity index (χ1) is 8.72. The third-order valence-corrected chi connectivity index (χ3v) is 3.17. The number of benzene rings is 2. The molecular formula is C15H16ClNO. The van der Waals surface area contributed by atoms with Gasteiger partial charge in [0.05, 0.1) is 10.7 Å². The van der Waals surface area contributed by atoms with Crippen LogP contribution in [0.1, 0.15) is 11.1 Å². The molecule has 0 radical (unpaired) electrons. The summed E-state index contributed by atoms with van der Waals surface area (Å²) >= 11 is 6.15. The molecule has 1 N–H and O–H groups in total. The molecule has 0 saturated heterocycles. The Morgan fingerprint density at radius 1 is 1.11 bits per heavy atom. The maximum Gasteiger partial charge on any atom is 0.161 e. The minimum Gasteiger partial charge on any atom is -0.485 e. The Hall–Kier alpha value is -1.67. The Balaban J connectivity index is 2.18. The molecular weight excluding hydrogens is 246 g/mol. The molecule has 18 heavy (non-hydrogen) atoms. The molecule has 3 heteroatoms. The SMILES string of the molecule is CNc1cccc(Cl)c1OCc1ccccc1C. The number of aryl methyl sites for hydroxylation is 1. The van der Waals surface area contributed by atoms with Gasteiger partial charge in [-0.1, -0.05) is 41.9 Å². The van der Waals surface area contributed by atoms with E-state index in [1.807, 2.05) is 37.4 Å². The van der Waals surface area contributed by atoms with E-state index >= 15 is 0 Å². The first-order valence-corrected chi connectivity index (χ1v) is 6.23. The first kappa shape index (κ1) is 12.8. The van der Waals surface area contributed by atoms with E-state index in [1.54, 1.807) is 0 Å². The Labute approximate surface area is 113 Å². The summed E-state index contributed by atoms with van der Waals surface area (Å²) in [6, 6.07) is 13.8. The fraction of sp³-hybridized carbons (Fsp3) is 0.200. The van der Waals surface area contributed by atoms with Gasteiger partial charge in [0.2, 0.25) is 0 Å². The lowest BCUT2D eigenvalue weighted by Crippen LogP contribution is -2.01. The van der Waals surface area contributed by atoms with Crippen molar-refractivity contribution >= 4 is 17.3 Å². The molecule has 2 aromatic carbocycles. The van der Waals surface area contributed by atoms with Crippen molar-refractivity contribution in [3.8, 4) is 5.75 Å². The Morgan fingerprint density at radius 3 is 2.61 bits per heavy atom. The van der Waals surface area contributed by atoms with Crippen LogP contribution in [-0.2, 0) is 6.61 Å². The normalized spacial score (nSPS) is 10.2. The molecule has 0 unspecified atom stereocenters. The first-order valence-electron chi connectivity index (χ1n) is 5.86. The van der Waals surface area contributed by atoms with Gasteiger partial charge in [-0.25, -0.2) is 0 Å². The summed E-state index contributed by atoms with van der Waals surface area (Å²) in [6.45, 7) is 2.59. The van der Waals surface area contributed by atoms with Gasteiger partial charge in [-0.05, 0) is 30.2 Å². The number of ether oxygens (including phenoxy) is 1. The van der Waals surface area contributed by atoms with E-state index < -0.39 is 0 Å². The Morgan fingerprint density at radius 2 is 1.89 bits per heavy atom. The van der Waals surface area contributed by atoms with Gasteiger partial charge in [0.1, 0.15) is 6.61 Å². The van der Waals surface area contributed by atoms with Crippen LogP contribution in [0, 0.1) is 6.92 Å². The zero-order valence-corrected chi connectivity index (χ0v) is 11.3. The Kier molecular flexibility index (Phi) is 4.11. The van der Waals surface area contributed by atoms with Gasteiger partial charge in [-0.15, -0.1) is 0 Å². The van der Waals surface area contributed by atoms with Crippen LogP contribution in [0.4, 0.5) is 5.69 Å². The van der Waals surface area contributed by atoms with Crippen molar-refractivity contribution in [3.05, 3.63) is 58.6 Å². The van der Waals surface area contributed by atoms with Crippen molar-refractivity contribution < 1.29 is 4.74 Å². The van der Waals surface area contributed by atoms with Crippen molar-refractivity contribution in [1.29, 1.82) is 0 Å². The maximum absolute atomic E-state index is 6.15. The van der Waals surface area contributed by atoms with Crippen LogP contribution >= 0.6 is 11.6 Å². The topological polar surface area (TPSA) is 21.3 Å². The summed E-state index contributed by atoms with van der Waals surface area (Å²) in [4.78, 5) is 0.